The molecule has 0 radical (unpaired) electrons. The first-order valence-electron chi connectivity index (χ1n) is 8.84. The Morgan fingerprint density at radius 2 is 1.86 bits per heavy atom. The lowest BCUT2D eigenvalue weighted by Crippen LogP contribution is -2.33. The minimum Gasteiger partial charge on any atom is -0.508 e. The zero-order valence-corrected chi connectivity index (χ0v) is 15.4. The molecule has 140 valence electrons. The van der Waals surface area contributed by atoms with Crippen LogP contribution in [-0.2, 0) is 0 Å². The van der Waals surface area contributed by atoms with Crippen LogP contribution in [0.4, 0.5) is 0 Å². The summed E-state index contributed by atoms with van der Waals surface area (Å²) in [7, 11) is 0. The van der Waals surface area contributed by atoms with Crippen LogP contribution in [0.5, 0.6) is 17.2 Å². The van der Waals surface area contributed by atoms with Gasteiger partial charge in [-0.2, -0.15) is 5.10 Å². The van der Waals surface area contributed by atoms with Gasteiger partial charge in [0.2, 0.25) is 6.23 Å². The molecule has 28 heavy (non-hydrogen) atoms. The number of fused-ring (bicyclic) bond motifs is 3. The summed E-state index contributed by atoms with van der Waals surface area (Å²) in [4.78, 5) is 4.08. The molecule has 0 fully saturated rings. The van der Waals surface area contributed by atoms with Crippen molar-refractivity contribution in [3.63, 3.8) is 0 Å². The highest BCUT2D eigenvalue weighted by Crippen LogP contribution is 2.48. The standard InChI is InChI=1S/C21H16ClN3O3/c22-13-1-4-20-16(9-13)18-11-17(15-10-14(26)2-3-19(15)27)24-25(18)21(28-20)12-5-7-23-8-6-12/h1-10,18,21,26-27H,11H2/t18-,21-/m1/s1. The smallest absolute Gasteiger partial charge is 0.213 e. The zero-order valence-electron chi connectivity index (χ0n) is 14.7. The molecule has 1 aromatic heterocycles. The molecular formula is C21H16ClN3O3. The molecule has 2 aliphatic heterocycles. The number of aromatic hydroxyl groups is 2. The van der Waals surface area contributed by atoms with Gasteiger partial charge in [-0.05, 0) is 48.5 Å². The van der Waals surface area contributed by atoms with E-state index in [2.05, 4.69) is 4.98 Å². The number of benzene rings is 2. The summed E-state index contributed by atoms with van der Waals surface area (Å²) < 4.78 is 6.25. The van der Waals surface area contributed by atoms with E-state index in [1.807, 2.05) is 29.3 Å². The lowest BCUT2D eigenvalue weighted by Gasteiger charge is -2.38. The fourth-order valence-corrected chi connectivity index (χ4v) is 3.90. The number of halogens is 1. The van der Waals surface area contributed by atoms with E-state index in [1.54, 1.807) is 18.5 Å². The second-order valence-electron chi connectivity index (χ2n) is 6.78. The second-order valence-corrected chi connectivity index (χ2v) is 7.22. The van der Waals surface area contributed by atoms with E-state index >= 15 is 0 Å². The normalized spacial score (nSPS) is 20.2. The number of ether oxygens (including phenoxy) is 1. The molecule has 0 saturated carbocycles. The van der Waals surface area contributed by atoms with Crippen molar-refractivity contribution >= 4 is 17.3 Å². The summed E-state index contributed by atoms with van der Waals surface area (Å²) in [6.45, 7) is 0. The van der Waals surface area contributed by atoms with Crippen LogP contribution in [-0.4, -0.2) is 25.9 Å². The number of pyridine rings is 1. The van der Waals surface area contributed by atoms with E-state index in [4.69, 9.17) is 21.4 Å². The van der Waals surface area contributed by atoms with Gasteiger partial charge in [-0.25, -0.2) is 5.01 Å². The lowest BCUT2D eigenvalue weighted by atomic mass is 9.95. The van der Waals surface area contributed by atoms with Crippen molar-refractivity contribution in [2.75, 3.05) is 0 Å². The summed E-state index contributed by atoms with van der Waals surface area (Å²) in [6, 6.07) is 13.7. The highest BCUT2D eigenvalue weighted by Gasteiger charge is 2.41. The van der Waals surface area contributed by atoms with Crippen LogP contribution in [0.1, 0.15) is 35.4 Å². The molecule has 2 atom stereocenters. The first-order valence-corrected chi connectivity index (χ1v) is 9.22. The predicted octanol–water partition coefficient (Wildman–Crippen LogP) is 4.39. The number of hydrazone groups is 1. The fraction of sp³-hybridized carbons (Fsp3) is 0.143. The van der Waals surface area contributed by atoms with Crippen LogP contribution < -0.4 is 4.74 Å². The van der Waals surface area contributed by atoms with E-state index < -0.39 is 6.23 Å². The lowest BCUT2D eigenvalue weighted by molar-refractivity contribution is -0.0190. The monoisotopic (exact) mass is 393 g/mol. The maximum absolute atomic E-state index is 10.3. The third-order valence-electron chi connectivity index (χ3n) is 5.03. The summed E-state index contributed by atoms with van der Waals surface area (Å²) >= 11 is 6.23. The number of nitrogens with zero attached hydrogens (tertiary/aromatic N) is 3. The summed E-state index contributed by atoms with van der Waals surface area (Å²) in [5.74, 6) is 0.902. The predicted molar refractivity (Wildman–Crippen MR) is 105 cm³/mol. The van der Waals surface area contributed by atoms with Crippen molar-refractivity contribution in [2.24, 2.45) is 5.10 Å². The van der Waals surface area contributed by atoms with Gasteiger partial charge in [0.05, 0.1) is 11.8 Å². The molecule has 0 aliphatic carbocycles. The maximum atomic E-state index is 10.3. The molecule has 0 bridgehead atoms. The molecular weight excluding hydrogens is 378 g/mol. The number of phenolic OH excluding ortho intramolecular Hbond substituents is 2. The van der Waals surface area contributed by atoms with Crippen LogP contribution in [0.25, 0.3) is 0 Å². The Morgan fingerprint density at radius 3 is 2.68 bits per heavy atom. The Morgan fingerprint density at radius 1 is 1.04 bits per heavy atom. The van der Waals surface area contributed by atoms with Gasteiger partial charge in [0.1, 0.15) is 17.2 Å². The SMILES string of the molecule is Oc1ccc(O)c(C2=NN3[C@H](C2)c2cc(Cl)ccc2O[C@@H]3c2ccncc2)c1. The van der Waals surface area contributed by atoms with Crippen LogP contribution in [0.2, 0.25) is 5.02 Å². The Labute approximate surface area is 166 Å². The summed E-state index contributed by atoms with van der Waals surface area (Å²) in [5.41, 5.74) is 3.04. The number of hydrogen-bond donors (Lipinski definition) is 2. The van der Waals surface area contributed by atoms with Gasteiger partial charge in [-0.1, -0.05) is 11.6 Å². The van der Waals surface area contributed by atoms with Crippen LogP contribution in [0, 0.1) is 0 Å². The molecule has 6 nitrogen and oxygen atoms in total. The summed E-state index contributed by atoms with van der Waals surface area (Å²) in [6.07, 6.45) is 3.55. The molecule has 3 heterocycles. The third kappa shape index (κ3) is 2.73. The van der Waals surface area contributed by atoms with Crippen molar-refractivity contribution in [3.05, 3.63) is 82.6 Å². The van der Waals surface area contributed by atoms with Crippen molar-refractivity contribution in [3.8, 4) is 17.2 Å². The van der Waals surface area contributed by atoms with E-state index in [0.717, 1.165) is 16.9 Å². The number of rotatable bonds is 2. The van der Waals surface area contributed by atoms with Gasteiger partial charge in [-0.15, -0.1) is 0 Å². The minimum absolute atomic E-state index is 0.0732. The average molecular weight is 394 g/mol. The molecule has 3 aromatic rings. The van der Waals surface area contributed by atoms with Crippen molar-refractivity contribution < 1.29 is 14.9 Å². The average Bonchev–Trinajstić information content (AvgIpc) is 3.15. The van der Waals surface area contributed by atoms with E-state index in [-0.39, 0.29) is 17.5 Å². The molecule has 7 heteroatoms. The number of phenols is 2. The summed E-state index contributed by atoms with van der Waals surface area (Å²) in [5, 5.41) is 27.4. The molecule has 0 saturated heterocycles. The van der Waals surface area contributed by atoms with Gasteiger partial charge in [0, 0.05) is 40.5 Å². The first kappa shape index (κ1) is 16.9. The largest absolute Gasteiger partial charge is 0.508 e. The Hall–Kier alpha value is -3.25. The van der Waals surface area contributed by atoms with E-state index in [1.165, 1.54) is 18.2 Å². The third-order valence-corrected chi connectivity index (χ3v) is 5.27. The first-order chi connectivity index (χ1) is 13.6. The van der Waals surface area contributed by atoms with Gasteiger partial charge >= 0.3 is 0 Å². The van der Waals surface area contributed by atoms with Gasteiger partial charge < -0.3 is 14.9 Å². The number of aromatic nitrogens is 1. The number of hydrogen-bond acceptors (Lipinski definition) is 6. The Bertz CT molecular complexity index is 1090. The molecule has 2 N–H and O–H groups in total. The van der Waals surface area contributed by atoms with Gasteiger partial charge in [-0.3, -0.25) is 4.98 Å². The highest BCUT2D eigenvalue weighted by molar-refractivity contribution is 6.30. The van der Waals surface area contributed by atoms with Crippen LogP contribution in [0.15, 0.2) is 66.0 Å². The van der Waals surface area contributed by atoms with Gasteiger partial charge in [0.25, 0.3) is 0 Å². The van der Waals surface area contributed by atoms with Gasteiger partial charge in [0.15, 0.2) is 0 Å². The fourth-order valence-electron chi connectivity index (χ4n) is 3.72. The minimum atomic E-state index is -0.432. The molecule has 5 rings (SSSR count). The Balaban J connectivity index is 1.63. The van der Waals surface area contributed by atoms with Crippen molar-refractivity contribution in [1.82, 2.24) is 9.99 Å². The molecule has 0 amide bonds. The van der Waals surface area contributed by atoms with Crippen molar-refractivity contribution in [1.29, 1.82) is 0 Å². The van der Waals surface area contributed by atoms with Crippen molar-refractivity contribution in [2.45, 2.75) is 18.7 Å². The topological polar surface area (TPSA) is 78.2 Å². The molecule has 2 aromatic carbocycles. The zero-order chi connectivity index (χ0) is 19.3. The molecule has 0 unspecified atom stereocenters. The Kier molecular flexibility index (Phi) is 3.87. The quantitative estimate of drug-likeness (QED) is 0.631. The second kappa shape index (κ2) is 6.42. The molecule has 0 spiro atoms. The molecule has 2 aliphatic rings. The van der Waals surface area contributed by atoms with Crippen LogP contribution in [0.3, 0.4) is 0 Å². The van der Waals surface area contributed by atoms with E-state index in [9.17, 15) is 10.2 Å². The van der Waals surface area contributed by atoms with E-state index in [0.29, 0.717) is 22.7 Å². The van der Waals surface area contributed by atoms with Crippen LogP contribution >= 0.6 is 11.6 Å². The highest BCUT2D eigenvalue weighted by atomic mass is 35.5. The maximum Gasteiger partial charge on any atom is 0.213 e.